The van der Waals surface area contributed by atoms with E-state index in [-0.39, 0.29) is 5.91 Å². The van der Waals surface area contributed by atoms with E-state index in [0.717, 1.165) is 55.8 Å². The molecule has 1 atom stereocenters. The Bertz CT molecular complexity index is 1150. The Labute approximate surface area is 200 Å². The van der Waals surface area contributed by atoms with Crippen LogP contribution in [0.1, 0.15) is 78.7 Å². The number of aromatic nitrogens is 3. The normalized spacial score (nSPS) is 14.0. The first-order chi connectivity index (χ1) is 16.5. The Kier molecular flexibility index (Phi) is 7.93. The van der Waals surface area contributed by atoms with Gasteiger partial charge in [0.2, 0.25) is 0 Å². The van der Waals surface area contributed by atoms with Crippen LogP contribution in [-0.4, -0.2) is 37.8 Å². The van der Waals surface area contributed by atoms with Gasteiger partial charge in [-0.2, -0.15) is 5.10 Å². The molecule has 0 spiro atoms. The molecule has 1 amide bonds. The molecule has 34 heavy (non-hydrogen) atoms. The van der Waals surface area contributed by atoms with Crippen LogP contribution >= 0.6 is 0 Å². The maximum Gasteiger partial charge on any atom is 0.326 e. The summed E-state index contributed by atoms with van der Waals surface area (Å²) in [5.74, 6) is -1.36. The lowest BCUT2D eigenvalue weighted by atomic mass is 9.95. The molecule has 7 nitrogen and oxygen atoms in total. The maximum absolute atomic E-state index is 12.6. The third-order valence-corrected chi connectivity index (χ3v) is 6.77. The molecule has 180 valence electrons. The Hall–Kier alpha value is -3.22. The number of amides is 1. The summed E-state index contributed by atoms with van der Waals surface area (Å²) in [6, 6.07) is 8.83. The van der Waals surface area contributed by atoms with Gasteiger partial charge < -0.3 is 10.4 Å². The Balaban J connectivity index is 1.16. The van der Waals surface area contributed by atoms with Crippen LogP contribution in [0.25, 0.3) is 10.9 Å². The summed E-state index contributed by atoms with van der Waals surface area (Å²) in [6.07, 6.45) is 12.9. The number of carbonyl (C=O) groups excluding carboxylic acids is 1. The van der Waals surface area contributed by atoms with Crippen LogP contribution < -0.4 is 5.32 Å². The van der Waals surface area contributed by atoms with Crippen LogP contribution in [0, 0.1) is 0 Å². The molecule has 7 heteroatoms. The molecule has 0 unspecified atom stereocenters. The molecule has 4 rings (SSSR count). The monoisotopic (exact) mass is 462 g/mol. The quantitative estimate of drug-likeness (QED) is 0.406. The first-order valence-corrected chi connectivity index (χ1v) is 12.4. The number of aliphatic carboxylic acids is 1. The molecule has 3 aromatic rings. The molecular weight excluding hydrogens is 428 g/mol. The van der Waals surface area contributed by atoms with E-state index in [1.54, 1.807) is 23.0 Å². The fourth-order valence-electron chi connectivity index (χ4n) is 4.76. The van der Waals surface area contributed by atoms with Crippen molar-refractivity contribution in [2.45, 2.75) is 76.7 Å². The van der Waals surface area contributed by atoms with Crippen molar-refractivity contribution in [3.63, 3.8) is 0 Å². The zero-order chi connectivity index (χ0) is 23.9. The van der Waals surface area contributed by atoms with E-state index < -0.39 is 12.0 Å². The highest BCUT2D eigenvalue weighted by atomic mass is 16.4. The van der Waals surface area contributed by atoms with E-state index in [9.17, 15) is 14.7 Å². The topological polar surface area (TPSA) is 97.1 Å². The molecule has 0 radical (unpaired) electrons. The second kappa shape index (κ2) is 11.3. The Morgan fingerprint density at radius 3 is 2.71 bits per heavy atom. The van der Waals surface area contributed by atoms with Gasteiger partial charge in [0.1, 0.15) is 6.04 Å². The van der Waals surface area contributed by atoms with E-state index in [1.165, 1.54) is 36.2 Å². The summed E-state index contributed by atoms with van der Waals surface area (Å²) < 4.78 is 1.74. The van der Waals surface area contributed by atoms with E-state index in [2.05, 4.69) is 22.5 Å². The van der Waals surface area contributed by atoms with E-state index in [1.807, 2.05) is 13.1 Å². The molecule has 0 aliphatic heterocycles. The number of nitrogens with zero attached hydrogens (tertiary/aromatic N) is 3. The molecule has 1 aliphatic carbocycles. The first-order valence-electron chi connectivity index (χ1n) is 12.4. The first kappa shape index (κ1) is 23.9. The van der Waals surface area contributed by atoms with Crippen molar-refractivity contribution in [1.82, 2.24) is 20.1 Å². The molecule has 0 saturated heterocycles. The predicted octanol–water partition coefficient (Wildman–Crippen LogP) is 4.61. The van der Waals surface area contributed by atoms with Crippen molar-refractivity contribution in [2.75, 3.05) is 0 Å². The van der Waals surface area contributed by atoms with E-state index >= 15 is 0 Å². The summed E-state index contributed by atoms with van der Waals surface area (Å²) in [4.78, 5) is 29.1. The second-order valence-electron chi connectivity index (χ2n) is 9.33. The van der Waals surface area contributed by atoms with Gasteiger partial charge in [0.05, 0.1) is 11.7 Å². The van der Waals surface area contributed by atoms with Gasteiger partial charge in [-0.05, 0) is 74.8 Å². The highest BCUT2D eigenvalue weighted by molar-refractivity contribution is 5.99. The molecule has 2 heterocycles. The standard InChI is InChI=1S/C27H34N4O3/c1-31-25-16-14-20(17-21(25)18-28-31)26(32)30-24(27(33)34)12-6-4-2-3-5-10-22-15-13-19-9-7-8-11-23(19)29-22/h13-18,24H,2-12H2,1H3,(H,30,32)(H,33,34)/t24-/m0/s1. The maximum atomic E-state index is 12.6. The van der Waals surface area contributed by atoms with Crippen LogP contribution in [-0.2, 0) is 31.1 Å². The summed E-state index contributed by atoms with van der Waals surface area (Å²) >= 11 is 0. The van der Waals surface area contributed by atoms with Crippen LogP contribution in [0.2, 0.25) is 0 Å². The lowest BCUT2D eigenvalue weighted by Crippen LogP contribution is -2.40. The van der Waals surface area contributed by atoms with Crippen molar-refractivity contribution in [3.8, 4) is 0 Å². The molecule has 2 N–H and O–H groups in total. The van der Waals surface area contributed by atoms with Crippen molar-refractivity contribution < 1.29 is 14.7 Å². The molecule has 0 saturated carbocycles. The van der Waals surface area contributed by atoms with Gasteiger partial charge in [-0.15, -0.1) is 0 Å². The van der Waals surface area contributed by atoms with Crippen molar-refractivity contribution in [3.05, 3.63) is 59.0 Å². The van der Waals surface area contributed by atoms with Gasteiger partial charge in [-0.1, -0.05) is 31.7 Å². The van der Waals surface area contributed by atoms with E-state index in [0.29, 0.717) is 12.0 Å². The number of carbonyl (C=O) groups is 2. The number of hydrogen-bond acceptors (Lipinski definition) is 4. The zero-order valence-electron chi connectivity index (χ0n) is 19.9. The minimum absolute atomic E-state index is 0.365. The Morgan fingerprint density at radius 1 is 1.06 bits per heavy atom. The SMILES string of the molecule is Cn1ncc2cc(C(=O)N[C@@H](CCCCCCCc3ccc4c(n3)CCCC4)C(=O)O)ccc21. The molecular formula is C27H34N4O3. The van der Waals surface area contributed by atoms with Gasteiger partial charge in [0, 0.05) is 29.4 Å². The molecule has 0 bridgehead atoms. The van der Waals surface area contributed by atoms with Gasteiger partial charge in [0.25, 0.3) is 5.91 Å². The van der Waals surface area contributed by atoms with Gasteiger partial charge in [0.15, 0.2) is 0 Å². The average Bonchev–Trinajstić information content (AvgIpc) is 3.22. The van der Waals surface area contributed by atoms with Crippen LogP contribution in [0.3, 0.4) is 0 Å². The lowest BCUT2D eigenvalue weighted by Gasteiger charge is -2.15. The third-order valence-electron chi connectivity index (χ3n) is 6.77. The van der Waals surface area contributed by atoms with Gasteiger partial charge >= 0.3 is 5.97 Å². The van der Waals surface area contributed by atoms with Crippen LogP contribution in [0.5, 0.6) is 0 Å². The number of aryl methyl sites for hydroxylation is 4. The molecule has 1 aromatic carbocycles. The summed E-state index contributed by atoms with van der Waals surface area (Å²) in [6.45, 7) is 0. The number of pyridine rings is 1. The molecule has 1 aliphatic rings. The van der Waals surface area contributed by atoms with Crippen LogP contribution in [0.4, 0.5) is 0 Å². The number of unbranched alkanes of at least 4 members (excludes halogenated alkanes) is 4. The van der Waals surface area contributed by atoms with Gasteiger partial charge in [-0.3, -0.25) is 14.5 Å². The predicted molar refractivity (Wildman–Crippen MR) is 132 cm³/mol. The zero-order valence-corrected chi connectivity index (χ0v) is 19.9. The third kappa shape index (κ3) is 6.01. The van der Waals surface area contributed by atoms with Crippen molar-refractivity contribution >= 4 is 22.8 Å². The van der Waals surface area contributed by atoms with Crippen LogP contribution in [0.15, 0.2) is 36.5 Å². The fourth-order valence-corrected chi connectivity index (χ4v) is 4.76. The number of fused-ring (bicyclic) bond motifs is 2. The number of hydrogen-bond donors (Lipinski definition) is 2. The average molecular weight is 463 g/mol. The number of carboxylic acid groups (broad SMARTS) is 1. The van der Waals surface area contributed by atoms with Crippen molar-refractivity contribution in [1.29, 1.82) is 0 Å². The number of benzene rings is 1. The minimum Gasteiger partial charge on any atom is -0.480 e. The smallest absolute Gasteiger partial charge is 0.326 e. The molecule has 0 fully saturated rings. The molecule has 2 aromatic heterocycles. The highest BCUT2D eigenvalue weighted by Gasteiger charge is 2.20. The summed E-state index contributed by atoms with van der Waals surface area (Å²) in [5.41, 5.74) is 5.29. The largest absolute Gasteiger partial charge is 0.480 e. The number of carboxylic acids is 1. The number of nitrogens with one attached hydrogen (secondary N) is 1. The lowest BCUT2D eigenvalue weighted by molar-refractivity contribution is -0.139. The minimum atomic E-state index is -0.991. The highest BCUT2D eigenvalue weighted by Crippen LogP contribution is 2.20. The van der Waals surface area contributed by atoms with Crippen molar-refractivity contribution in [2.24, 2.45) is 7.05 Å². The Morgan fingerprint density at radius 2 is 1.85 bits per heavy atom. The number of rotatable bonds is 11. The van der Waals surface area contributed by atoms with E-state index in [4.69, 9.17) is 4.98 Å². The second-order valence-corrected chi connectivity index (χ2v) is 9.33. The summed E-state index contributed by atoms with van der Waals surface area (Å²) in [5, 5.41) is 17.3. The summed E-state index contributed by atoms with van der Waals surface area (Å²) in [7, 11) is 1.84. The fraction of sp³-hybridized carbons (Fsp3) is 0.481. The van der Waals surface area contributed by atoms with Gasteiger partial charge in [-0.25, -0.2) is 4.79 Å².